The fraction of sp³-hybridized carbons (Fsp3) is 0.571. The van der Waals surface area contributed by atoms with E-state index in [9.17, 15) is 9.59 Å². The Morgan fingerprint density at radius 2 is 2.31 bits per heavy atom. The standard InChI is InChI=1S/C21H30N4O4/c1-3-24(20(26)15-25-16-21(27)29-22-25)14-18-7-5-10-23(13-18)11-9-17-6-4-8-19(12-17)28-2/h4,6,8,12,16,18H,3,5,7,9-11,13-15H2,1-2H3/p+1/t18-/m1/s1. The number of likely N-dealkylation sites (tertiary alicyclic amines) is 1. The van der Waals surface area contributed by atoms with Crippen molar-refractivity contribution in [3.05, 3.63) is 46.4 Å². The molecule has 1 N–H and O–H groups in total. The number of nitrogens with zero attached hydrogens (tertiary/aromatic N) is 3. The van der Waals surface area contributed by atoms with E-state index in [1.807, 2.05) is 24.0 Å². The minimum absolute atomic E-state index is 0.0111. The van der Waals surface area contributed by atoms with Crippen LogP contribution in [0, 0.1) is 5.92 Å². The van der Waals surface area contributed by atoms with Gasteiger partial charge in [0.1, 0.15) is 5.75 Å². The second-order valence-electron chi connectivity index (χ2n) is 7.61. The molecule has 0 saturated carbocycles. The molecule has 2 heterocycles. The molecule has 8 nitrogen and oxygen atoms in total. The number of likely N-dealkylation sites (N-methyl/N-ethyl adjacent to an activating group) is 1. The predicted molar refractivity (Wildman–Crippen MR) is 108 cm³/mol. The summed E-state index contributed by atoms with van der Waals surface area (Å²) in [6.07, 6.45) is 4.53. The Kier molecular flexibility index (Phi) is 7.46. The lowest BCUT2D eigenvalue weighted by Gasteiger charge is -2.35. The van der Waals surface area contributed by atoms with Crippen LogP contribution in [0.5, 0.6) is 5.75 Å². The van der Waals surface area contributed by atoms with Gasteiger partial charge < -0.3 is 14.5 Å². The fourth-order valence-corrected chi connectivity index (χ4v) is 3.94. The molecule has 0 aliphatic carbocycles. The number of methoxy groups -OCH3 is 1. The summed E-state index contributed by atoms with van der Waals surface area (Å²) >= 11 is 0. The third kappa shape index (κ3) is 6.19. The van der Waals surface area contributed by atoms with Gasteiger partial charge in [-0.1, -0.05) is 16.8 Å². The first-order chi connectivity index (χ1) is 14.1. The summed E-state index contributed by atoms with van der Waals surface area (Å²) in [7, 11) is 1.69. The molecule has 1 saturated heterocycles. The van der Waals surface area contributed by atoms with Crippen molar-refractivity contribution in [3.63, 3.8) is 0 Å². The van der Waals surface area contributed by atoms with Crippen molar-refractivity contribution in [2.24, 2.45) is 5.92 Å². The summed E-state index contributed by atoms with van der Waals surface area (Å²) in [5, 5.41) is 2.43. The van der Waals surface area contributed by atoms with E-state index in [4.69, 9.17) is 4.74 Å². The lowest BCUT2D eigenvalue weighted by Crippen LogP contribution is -2.49. The molecule has 29 heavy (non-hydrogen) atoms. The maximum atomic E-state index is 12.6. The van der Waals surface area contributed by atoms with Crippen LogP contribution in [-0.2, 0) is 17.8 Å². The van der Waals surface area contributed by atoms with Gasteiger partial charge in [-0.25, -0.2) is 4.79 Å². The minimum atomic E-state index is -0.486. The number of H-pyrrole nitrogens is 1. The van der Waals surface area contributed by atoms with Crippen LogP contribution in [0.2, 0.25) is 0 Å². The fourth-order valence-electron chi connectivity index (χ4n) is 3.94. The van der Waals surface area contributed by atoms with E-state index in [0.29, 0.717) is 12.5 Å². The smallest absolute Gasteiger partial charge is 0.426 e. The monoisotopic (exact) mass is 403 g/mol. The summed E-state index contributed by atoms with van der Waals surface area (Å²) in [4.78, 5) is 28.1. The molecule has 3 rings (SSSR count). The Bertz CT molecular complexity index is 847. The van der Waals surface area contributed by atoms with E-state index in [1.165, 1.54) is 16.4 Å². The molecule has 2 aromatic rings. The molecular weight excluding hydrogens is 372 g/mol. The average molecular weight is 404 g/mol. The highest BCUT2D eigenvalue weighted by Crippen LogP contribution is 2.19. The number of carbonyl (C=O) groups is 1. The predicted octanol–water partition coefficient (Wildman–Crippen LogP) is 1.07. The molecule has 158 valence electrons. The molecule has 0 unspecified atom stereocenters. The Morgan fingerprint density at radius 3 is 3.03 bits per heavy atom. The molecule has 1 aromatic heterocycles. The first-order valence-corrected chi connectivity index (χ1v) is 10.3. The highest BCUT2D eigenvalue weighted by molar-refractivity contribution is 5.74. The number of aromatic amines is 1. The highest BCUT2D eigenvalue weighted by Gasteiger charge is 2.25. The van der Waals surface area contributed by atoms with Crippen LogP contribution in [0.1, 0.15) is 25.3 Å². The summed E-state index contributed by atoms with van der Waals surface area (Å²) in [6.45, 7) is 6.59. The molecule has 0 bridgehead atoms. The van der Waals surface area contributed by atoms with Crippen LogP contribution >= 0.6 is 0 Å². The number of rotatable bonds is 9. The molecule has 8 heteroatoms. The first kappa shape index (κ1) is 21.1. The normalized spacial score (nSPS) is 17.2. The van der Waals surface area contributed by atoms with Gasteiger partial charge in [0.15, 0.2) is 0 Å². The Labute approximate surface area is 171 Å². The summed E-state index contributed by atoms with van der Waals surface area (Å²) in [6, 6.07) is 8.23. The average Bonchev–Trinajstić information content (AvgIpc) is 3.15. The van der Waals surface area contributed by atoms with Gasteiger partial charge in [0.2, 0.25) is 0 Å². The quantitative estimate of drug-likeness (QED) is 0.634. The molecule has 1 amide bonds. The van der Waals surface area contributed by atoms with Crippen molar-refractivity contribution in [1.29, 1.82) is 0 Å². The second kappa shape index (κ2) is 10.2. The number of hydrogen-bond donors (Lipinski definition) is 1. The SMILES string of the molecule is CCN(C[C@@H]1CCCN(CCc2cccc(OC)c2)C1)C(=O)C[n+]1cc(=O)o[nH]1. The molecule has 1 fully saturated rings. The molecule has 1 aliphatic heterocycles. The van der Waals surface area contributed by atoms with Gasteiger partial charge >= 0.3 is 5.63 Å². The molecule has 1 atom stereocenters. The molecule has 0 radical (unpaired) electrons. The lowest BCUT2D eigenvalue weighted by molar-refractivity contribution is -0.751. The number of benzene rings is 1. The van der Waals surface area contributed by atoms with Gasteiger partial charge in [-0.2, -0.15) is 0 Å². The van der Waals surface area contributed by atoms with E-state index in [1.54, 1.807) is 7.11 Å². The van der Waals surface area contributed by atoms with Crippen molar-refractivity contribution in [2.45, 2.75) is 32.7 Å². The zero-order chi connectivity index (χ0) is 20.6. The second-order valence-corrected chi connectivity index (χ2v) is 7.61. The number of carbonyl (C=O) groups excluding carboxylic acids is 1. The summed E-state index contributed by atoms with van der Waals surface area (Å²) < 4.78 is 11.3. The van der Waals surface area contributed by atoms with Crippen LogP contribution < -0.4 is 15.0 Å². The van der Waals surface area contributed by atoms with Crippen molar-refractivity contribution in [3.8, 4) is 5.75 Å². The van der Waals surface area contributed by atoms with E-state index in [-0.39, 0.29) is 12.5 Å². The van der Waals surface area contributed by atoms with Gasteiger partial charge in [-0.15, -0.1) is 0 Å². The number of amides is 1. The number of hydrogen-bond acceptors (Lipinski definition) is 5. The Balaban J connectivity index is 1.49. The Morgan fingerprint density at radius 1 is 1.45 bits per heavy atom. The third-order valence-corrected chi connectivity index (χ3v) is 5.50. The zero-order valence-corrected chi connectivity index (χ0v) is 17.3. The minimum Gasteiger partial charge on any atom is -0.497 e. The zero-order valence-electron chi connectivity index (χ0n) is 17.3. The van der Waals surface area contributed by atoms with E-state index in [0.717, 1.165) is 51.2 Å². The van der Waals surface area contributed by atoms with Crippen molar-refractivity contribution in [1.82, 2.24) is 15.1 Å². The number of ether oxygens (including phenoxy) is 1. The number of nitrogens with one attached hydrogen (secondary N) is 1. The maximum absolute atomic E-state index is 12.6. The maximum Gasteiger partial charge on any atom is 0.426 e. The summed E-state index contributed by atoms with van der Waals surface area (Å²) in [5.74, 6) is 1.35. The first-order valence-electron chi connectivity index (χ1n) is 10.3. The van der Waals surface area contributed by atoms with E-state index < -0.39 is 5.63 Å². The third-order valence-electron chi connectivity index (χ3n) is 5.50. The van der Waals surface area contributed by atoms with Gasteiger partial charge in [0, 0.05) is 26.2 Å². The molecule has 0 spiro atoms. The van der Waals surface area contributed by atoms with Crippen LogP contribution in [-0.4, -0.2) is 60.8 Å². The lowest BCUT2D eigenvalue weighted by atomic mass is 9.96. The largest absolute Gasteiger partial charge is 0.497 e. The molecule has 1 aromatic carbocycles. The van der Waals surface area contributed by atoms with Crippen LogP contribution in [0.25, 0.3) is 0 Å². The van der Waals surface area contributed by atoms with Gasteiger partial charge in [0.05, 0.1) is 7.11 Å². The highest BCUT2D eigenvalue weighted by atomic mass is 16.5. The number of aromatic nitrogens is 2. The van der Waals surface area contributed by atoms with Gasteiger partial charge in [0.25, 0.3) is 18.6 Å². The molecule has 1 aliphatic rings. The molecular formula is C21H31N4O4+. The van der Waals surface area contributed by atoms with Crippen molar-refractivity contribution >= 4 is 5.91 Å². The van der Waals surface area contributed by atoms with E-state index >= 15 is 0 Å². The summed E-state index contributed by atoms with van der Waals surface area (Å²) in [5.41, 5.74) is 0.794. The van der Waals surface area contributed by atoms with Crippen LogP contribution in [0.4, 0.5) is 0 Å². The Hall–Kier alpha value is -2.61. The van der Waals surface area contributed by atoms with Crippen molar-refractivity contribution < 1.29 is 18.7 Å². The number of piperidine rings is 1. The van der Waals surface area contributed by atoms with Crippen molar-refractivity contribution in [2.75, 3.05) is 39.8 Å². The van der Waals surface area contributed by atoms with Gasteiger partial charge in [-0.3, -0.25) is 9.32 Å². The van der Waals surface area contributed by atoms with Crippen LogP contribution in [0.3, 0.4) is 0 Å². The van der Waals surface area contributed by atoms with E-state index in [2.05, 4.69) is 26.8 Å². The van der Waals surface area contributed by atoms with Crippen LogP contribution in [0.15, 0.2) is 39.8 Å². The van der Waals surface area contributed by atoms with Gasteiger partial charge in [-0.05, 0) is 61.6 Å². The topological polar surface area (TPSA) is 82.7 Å².